The van der Waals surface area contributed by atoms with E-state index in [1.165, 1.54) is 6.07 Å². The Morgan fingerprint density at radius 2 is 2.10 bits per heavy atom. The number of nitro groups is 1. The zero-order chi connectivity index (χ0) is 14.8. The van der Waals surface area contributed by atoms with Crippen LogP contribution in [0, 0.1) is 15.9 Å². The zero-order valence-electron chi connectivity index (χ0n) is 10.9. The SMILES string of the molecule is NC1(CC(=O)Nc2ccc(F)c([N+](=O)[O-])c2)CCCC1. The van der Waals surface area contributed by atoms with E-state index in [1.54, 1.807) is 0 Å². The first-order valence-corrected chi connectivity index (χ1v) is 6.42. The van der Waals surface area contributed by atoms with Gasteiger partial charge >= 0.3 is 5.69 Å². The molecule has 1 amide bonds. The summed E-state index contributed by atoms with van der Waals surface area (Å²) in [7, 11) is 0. The van der Waals surface area contributed by atoms with Crippen LogP contribution >= 0.6 is 0 Å². The summed E-state index contributed by atoms with van der Waals surface area (Å²) in [6.07, 6.45) is 3.77. The Bertz CT molecular complexity index is 542. The summed E-state index contributed by atoms with van der Waals surface area (Å²) >= 11 is 0. The fraction of sp³-hybridized carbons (Fsp3) is 0.462. The van der Waals surface area contributed by atoms with Gasteiger partial charge in [0.15, 0.2) is 0 Å². The molecule has 0 radical (unpaired) electrons. The van der Waals surface area contributed by atoms with Crippen LogP contribution in [0.2, 0.25) is 0 Å². The molecule has 1 fully saturated rings. The van der Waals surface area contributed by atoms with Crippen molar-refractivity contribution in [2.45, 2.75) is 37.6 Å². The number of anilines is 1. The molecule has 0 aromatic heterocycles. The van der Waals surface area contributed by atoms with Crippen LogP contribution in [0.4, 0.5) is 15.8 Å². The summed E-state index contributed by atoms with van der Waals surface area (Å²) in [5.41, 5.74) is 5.13. The van der Waals surface area contributed by atoms with Crippen LogP contribution in [0.3, 0.4) is 0 Å². The minimum Gasteiger partial charge on any atom is -0.326 e. The summed E-state index contributed by atoms with van der Waals surface area (Å²) in [6, 6.07) is 3.25. The molecular formula is C13H16FN3O3. The standard InChI is InChI=1S/C13H16FN3O3/c14-10-4-3-9(7-11(10)17(19)20)16-12(18)8-13(15)5-1-2-6-13/h3-4,7H,1-2,5-6,8,15H2,(H,16,18). The van der Waals surface area contributed by atoms with Crippen LogP contribution < -0.4 is 11.1 Å². The Hall–Kier alpha value is -2.02. The minimum atomic E-state index is -0.931. The Labute approximate surface area is 115 Å². The highest BCUT2D eigenvalue weighted by molar-refractivity contribution is 5.91. The van der Waals surface area contributed by atoms with Gasteiger partial charge in [-0.1, -0.05) is 12.8 Å². The Balaban J connectivity index is 2.04. The van der Waals surface area contributed by atoms with E-state index in [1.807, 2.05) is 0 Å². The van der Waals surface area contributed by atoms with Crippen molar-refractivity contribution in [3.8, 4) is 0 Å². The number of nitro benzene ring substituents is 1. The molecule has 1 aliphatic rings. The van der Waals surface area contributed by atoms with Crippen molar-refractivity contribution in [1.29, 1.82) is 0 Å². The molecule has 1 aliphatic carbocycles. The molecule has 20 heavy (non-hydrogen) atoms. The number of hydrogen-bond acceptors (Lipinski definition) is 4. The zero-order valence-corrected chi connectivity index (χ0v) is 10.9. The highest BCUT2D eigenvalue weighted by atomic mass is 19.1. The van der Waals surface area contributed by atoms with E-state index in [-0.39, 0.29) is 18.0 Å². The van der Waals surface area contributed by atoms with Gasteiger partial charge in [0.2, 0.25) is 11.7 Å². The lowest BCUT2D eigenvalue weighted by molar-refractivity contribution is -0.387. The molecule has 0 spiro atoms. The molecule has 1 aromatic carbocycles. The van der Waals surface area contributed by atoms with Crippen LogP contribution in [0.1, 0.15) is 32.1 Å². The third-order valence-corrected chi connectivity index (χ3v) is 3.54. The predicted octanol–water partition coefficient (Wildman–Crippen LogP) is 2.33. The molecule has 3 N–H and O–H groups in total. The fourth-order valence-corrected chi connectivity index (χ4v) is 2.51. The highest BCUT2D eigenvalue weighted by Gasteiger charge is 2.31. The molecule has 7 heteroatoms. The summed E-state index contributed by atoms with van der Waals surface area (Å²) in [5, 5.41) is 13.1. The van der Waals surface area contributed by atoms with Crippen molar-refractivity contribution in [3.05, 3.63) is 34.1 Å². The number of benzene rings is 1. The number of rotatable bonds is 4. The van der Waals surface area contributed by atoms with E-state index in [4.69, 9.17) is 5.73 Å². The van der Waals surface area contributed by atoms with E-state index < -0.39 is 22.0 Å². The van der Waals surface area contributed by atoms with Gasteiger partial charge < -0.3 is 11.1 Å². The van der Waals surface area contributed by atoms with E-state index in [2.05, 4.69) is 5.32 Å². The third-order valence-electron chi connectivity index (χ3n) is 3.54. The molecule has 2 rings (SSSR count). The van der Waals surface area contributed by atoms with Gasteiger partial charge in [0.05, 0.1) is 4.92 Å². The first-order valence-electron chi connectivity index (χ1n) is 6.42. The molecule has 0 aliphatic heterocycles. The Morgan fingerprint density at radius 3 is 2.70 bits per heavy atom. The van der Waals surface area contributed by atoms with Crippen LogP contribution in [-0.2, 0) is 4.79 Å². The fourth-order valence-electron chi connectivity index (χ4n) is 2.51. The van der Waals surface area contributed by atoms with Crippen LogP contribution in [0.5, 0.6) is 0 Å². The Kier molecular flexibility index (Phi) is 3.99. The smallest absolute Gasteiger partial charge is 0.306 e. The van der Waals surface area contributed by atoms with E-state index in [0.29, 0.717) is 0 Å². The average Bonchev–Trinajstić information content (AvgIpc) is 2.77. The second-order valence-corrected chi connectivity index (χ2v) is 5.22. The predicted molar refractivity (Wildman–Crippen MR) is 71.7 cm³/mol. The maximum atomic E-state index is 13.2. The van der Waals surface area contributed by atoms with Gasteiger partial charge in [-0.05, 0) is 25.0 Å². The third kappa shape index (κ3) is 3.30. The van der Waals surface area contributed by atoms with Gasteiger partial charge in [-0.3, -0.25) is 14.9 Å². The normalized spacial score (nSPS) is 16.9. The molecule has 1 saturated carbocycles. The van der Waals surface area contributed by atoms with Gasteiger partial charge in [0, 0.05) is 23.7 Å². The van der Waals surface area contributed by atoms with E-state index in [0.717, 1.165) is 37.8 Å². The van der Waals surface area contributed by atoms with Gasteiger partial charge in [-0.25, -0.2) is 0 Å². The number of nitrogens with two attached hydrogens (primary N) is 1. The number of nitrogens with zero attached hydrogens (tertiary/aromatic N) is 1. The monoisotopic (exact) mass is 281 g/mol. The van der Waals surface area contributed by atoms with Gasteiger partial charge in [-0.15, -0.1) is 0 Å². The summed E-state index contributed by atoms with van der Waals surface area (Å²) < 4.78 is 13.2. The first-order chi connectivity index (χ1) is 9.39. The molecule has 1 aromatic rings. The molecule has 0 saturated heterocycles. The van der Waals surface area contributed by atoms with Crippen LogP contribution in [0.25, 0.3) is 0 Å². The minimum absolute atomic E-state index is 0.165. The lowest BCUT2D eigenvalue weighted by Gasteiger charge is -2.22. The highest BCUT2D eigenvalue weighted by Crippen LogP contribution is 2.30. The topological polar surface area (TPSA) is 98.3 Å². The molecule has 108 valence electrons. The molecule has 0 atom stereocenters. The van der Waals surface area contributed by atoms with Crippen molar-refractivity contribution < 1.29 is 14.1 Å². The summed E-state index contributed by atoms with van der Waals surface area (Å²) in [5.74, 6) is -1.24. The van der Waals surface area contributed by atoms with Gasteiger partial charge in [0.1, 0.15) is 0 Å². The second kappa shape index (κ2) is 5.54. The van der Waals surface area contributed by atoms with Gasteiger partial charge in [0.25, 0.3) is 0 Å². The van der Waals surface area contributed by atoms with Crippen molar-refractivity contribution in [2.75, 3.05) is 5.32 Å². The number of carbonyl (C=O) groups is 1. The summed E-state index contributed by atoms with van der Waals surface area (Å²) in [4.78, 5) is 21.7. The van der Waals surface area contributed by atoms with Crippen molar-refractivity contribution in [1.82, 2.24) is 0 Å². The van der Waals surface area contributed by atoms with Crippen LogP contribution in [-0.4, -0.2) is 16.4 Å². The molecule has 0 heterocycles. The largest absolute Gasteiger partial charge is 0.326 e. The average molecular weight is 281 g/mol. The number of amides is 1. The quantitative estimate of drug-likeness (QED) is 0.653. The molecule has 0 bridgehead atoms. The number of halogens is 1. The van der Waals surface area contributed by atoms with Crippen molar-refractivity contribution >= 4 is 17.3 Å². The van der Waals surface area contributed by atoms with Crippen LogP contribution in [0.15, 0.2) is 18.2 Å². The van der Waals surface area contributed by atoms with Crippen molar-refractivity contribution in [2.24, 2.45) is 5.73 Å². The maximum absolute atomic E-state index is 13.2. The van der Waals surface area contributed by atoms with Gasteiger partial charge in [-0.2, -0.15) is 4.39 Å². The van der Waals surface area contributed by atoms with Crippen molar-refractivity contribution in [3.63, 3.8) is 0 Å². The molecule has 0 unspecified atom stereocenters. The molecule has 6 nitrogen and oxygen atoms in total. The Morgan fingerprint density at radius 1 is 1.45 bits per heavy atom. The van der Waals surface area contributed by atoms with E-state index >= 15 is 0 Å². The summed E-state index contributed by atoms with van der Waals surface area (Å²) in [6.45, 7) is 0. The lowest BCUT2D eigenvalue weighted by Crippen LogP contribution is -2.40. The number of carbonyl (C=O) groups excluding carboxylic acids is 1. The maximum Gasteiger partial charge on any atom is 0.306 e. The first kappa shape index (κ1) is 14.4. The number of hydrogen-bond donors (Lipinski definition) is 2. The van der Waals surface area contributed by atoms with E-state index in [9.17, 15) is 19.3 Å². The number of nitrogens with one attached hydrogen (secondary N) is 1. The second-order valence-electron chi connectivity index (χ2n) is 5.22. The lowest BCUT2D eigenvalue weighted by atomic mass is 9.94. The molecular weight excluding hydrogens is 265 g/mol.